The topological polar surface area (TPSA) is 44.0 Å². The number of nitrogens with zero attached hydrogens (tertiary/aromatic N) is 1. The Morgan fingerprint density at radius 3 is 2.36 bits per heavy atom. The normalized spacial score (nSPS) is 14.1. The maximum absolute atomic E-state index is 8.88. The first kappa shape index (κ1) is 10.4. The molecule has 0 bridgehead atoms. The molecule has 0 fully saturated rings. The predicted molar refractivity (Wildman–Crippen MR) is 44.9 cm³/mol. The van der Waals surface area contributed by atoms with Crippen molar-refractivity contribution in [3.05, 3.63) is 0 Å². The molecule has 64 valence electrons. The average molecular weight is 155 g/mol. The van der Waals surface area contributed by atoms with Crippen LogP contribution in [0.25, 0.3) is 0 Å². The molecule has 2 nitrogen and oxygen atoms in total. The molecular formula is C9H17NO. The first-order valence-electron chi connectivity index (χ1n) is 4.08. The van der Waals surface area contributed by atoms with Crippen LogP contribution in [0.3, 0.4) is 0 Å². The first-order valence-corrected chi connectivity index (χ1v) is 4.08. The Hall–Kier alpha value is -0.550. The van der Waals surface area contributed by atoms with Gasteiger partial charge in [-0.3, -0.25) is 0 Å². The van der Waals surface area contributed by atoms with E-state index in [9.17, 15) is 0 Å². The van der Waals surface area contributed by atoms with Gasteiger partial charge in [0.2, 0.25) is 0 Å². The Morgan fingerprint density at radius 2 is 2.09 bits per heavy atom. The van der Waals surface area contributed by atoms with Crippen molar-refractivity contribution in [2.75, 3.05) is 6.61 Å². The van der Waals surface area contributed by atoms with Gasteiger partial charge in [-0.25, -0.2) is 0 Å². The third-order valence-corrected chi connectivity index (χ3v) is 1.94. The minimum absolute atomic E-state index is 0.196. The summed E-state index contributed by atoms with van der Waals surface area (Å²) in [6, 6.07) is 2.23. The molecule has 0 saturated carbocycles. The van der Waals surface area contributed by atoms with E-state index in [4.69, 9.17) is 10.4 Å². The van der Waals surface area contributed by atoms with Gasteiger partial charge in [0.05, 0.1) is 11.5 Å². The van der Waals surface area contributed by atoms with E-state index in [2.05, 4.69) is 6.07 Å². The molecule has 0 heterocycles. The molecule has 0 aromatic rings. The molecule has 0 radical (unpaired) electrons. The van der Waals surface area contributed by atoms with Crippen LogP contribution in [0.5, 0.6) is 0 Å². The van der Waals surface area contributed by atoms with E-state index in [1.165, 1.54) is 0 Å². The largest absolute Gasteiger partial charge is 0.396 e. The zero-order chi connectivity index (χ0) is 8.91. The quantitative estimate of drug-likeness (QED) is 0.674. The molecule has 0 aliphatic rings. The van der Waals surface area contributed by atoms with Gasteiger partial charge in [-0.15, -0.1) is 0 Å². The predicted octanol–water partition coefficient (Wildman–Crippen LogP) is 1.94. The molecule has 0 rings (SSSR count). The fourth-order valence-corrected chi connectivity index (χ4v) is 1.11. The Labute approximate surface area is 68.8 Å². The van der Waals surface area contributed by atoms with Crippen molar-refractivity contribution in [2.45, 2.75) is 33.6 Å². The van der Waals surface area contributed by atoms with E-state index in [0.717, 1.165) is 12.8 Å². The second-order valence-electron chi connectivity index (χ2n) is 3.66. The van der Waals surface area contributed by atoms with Gasteiger partial charge in [0.1, 0.15) is 0 Å². The van der Waals surface area contributed by atoms with E-state index < -0.39 is 0 Å². The standard InChI is InChI=1S/C9H17NO/c1-4-8(6-11)5-9(2,3)7-10/h8,11H,4-6H2,1-3H3. The molecule has 0 saturated heterocycles. The third kappa shape index (κ3) is 4.00. The van der Waals surface area contributed by atoms with Crippen molar-refractivity contribution in [1.82, 2.24) is 0 Å². The number of hydrogen-bond donors (Lipinski definition) is 1. The third-order valence-electron chi connectivity index (χ3n) is 1.94. The summed E-state index contributed by atoms with van der Waals surface area (Å²) in [5.41, 5.74) is -0.288. The lowest BCUT2D eigenvalue weighted by Gasteiger charge is -2.20. The second-order valence-corrected chi connectivity index (χ2v) is 3.66. The number of hydrogen-bond acceptors (Lipinski definition) is 2. The van der Waals surface area contributed by atoms with Crippen LogP contribution in [0.15, 0.2) is 0 Å². The van der Waals surface area contributed by atoms with Gasteiger partial charge >= 0.3 is 0 Å². The molecule has 0 aliphatic heterocycles. The Kier molecular flexibility index (Phi) is 4.14. The minimum atomic E-state index is -0.288. The van der Waals surface area contributed by atoms with Crippen molar-refractivity contribution in [3.8, 4) is 6.07 Å². The SMILES string of the molecule is CCC(CO)CC(C)(C)C#N. The van der Waals surface area contributed by atoms with Crippen LogP contribution < -0.4 is 0 Å². The van der Waals surface area contributed by atoms with Crippen LogP contribution in [0.2, 0.25) is 0 Å². The molecule has 1 atom stereocenters. The van der Waals surface area contributed by atoms with Crippen molar-refractivity contribution in [1.29, 1.82) is 5.26 Å². The lowest BCUT2D eigenvalue weighted by atomic mass is 9.83. The smallest absolute Gasteiger partial charge is 0.0684 e. The van der Waals surface area contributed by atoms with Gasteiger partial charge in [-0.1, -0.05) is 13.3 Å². The summed E-state index contributed by atoms with van der Waals surface area (Å²) in [5, 5.41) is 17.6. The summed E-state index contributed by atoms with van der Waals surface area (Å²) in [4.78, 5) is 0. The Bertz CT molecular complexity index is 142. The zero-order valence-electron chi connectivity index (χ0n) is 7.59. The molecule has 1 unspecified atom stereocenters. The number of rotatable bonds is 4. The number of nitriles is 1. The number of aliphatic hydroxyl groups excluding tert-OH is 1. The van der Waals surface area contributed by atoms with Gasteiger partial charge in [0.15, 0.2) is 0 Å². The summed E-state index contributed by atoms with van der Waals surface area (Å²) in [6.45, 7) is 6.05. The van der Waals surface area contributed by atoms with Crippen molar-refractivity contribution in [3.63, 3.8) is 0 Å². The van der Waals surface area contributed by atoms with Crippen LogP contribution in [-0.4, -0.2) is 11.7 Å². The van der Waals surface area contributed by atoms with Crippen LogP contribution in [-0.2, 0) is 0 Å². The minimum Gasteiger partial charge on any atom is -0.396 e. The van der Waals surface area contributed by atoms with E-state index in [0.29, 0.717) is 0 Å². The number of aliphatic hydroxyl groups is 1. The summed E-state index contributed by atoms with van der Waals surface area (Å²) >= 11 is 0. The molecule has 0 aliphatic carbocycles. The van der Waals surface area contributed by atoms with Crippen LogP contribution in [0.1, 0.15) is 33.6 Å². The summed E-state index contributed by atoms with van der Waals surface area (Å²) < 4.78 is 0. The van der Waals surface area contributed by atoms with Crippen LogP contribution in [0.4, 0.5) is 0 Å². The highest BCUT2D eigenvalue weighted by Gasteiger charge is 2.21. The summed E-state index contributed by atoms with van der Waals surface area (Å²) in [6.07, 6.45) is 1.73. The monoisotopic (exact) mass is 155 g/mol. The van der Waals surface area contributed by atoms with E-state index in [1.54, 1.807) is 0 Å². The maximum Gasteiger partial charge on any atom is 0.0684 e. The molecule has 2 heteroatoms. The molecule has 11 heavy (non-hydrogen) atoms. The van der Waals surface area contributed by atoms with Crippen molar-refractivity contribution in [2.24, 2.45) is 11.3 Å². The van der Waals surface area contributed by atoms with E-state index in [1.807, 2.05) is 20.8 Å². The molecule has 1 N–H and O–H groups in total. The van der Waals surface area contributed by atoms with Gasteiger partial charge in [0.25, 0.3) is 0 Å². The Morgan fingerprint density at radius 1 is 1.55 bits per heavy atom. The van der Waals surface area contributed by atoms with E-state index in [-0.39, 0.29) is 17.9 Å². The molecule has 0 aromatic heterocycles. The molecule has 0 spiro atoms. The lowest BCUT2D eigenvalue weighted by molar-refractivity contribution is 0.187. The van der Waals surface area contributed by atoms with Crippen LogP contribution in [0, 0.1) is 22.7 Å². The van der Waals surface area contributed by atoms with Crippen LogP contribution >= 0.6 is 0 Å². The maximum atomic E-state index is 8.88. The highest BCUT2D eigenvalue weighted by atomic mass is 16.3. The van der Waals surface area contributed by atoms with Gasteiger partial charge in [-0.05, 0) is 26.2 Å². The highest BCUT2D eigenvalue weighted by Crippen LogP contribution is 2.25. The molecule has 0 amide bonds. The van der Waals surface area contributed by atoms with Gasteiger partial charge in [-0.2, -0.15) is 5.26 Å². The van der Waals surface area contributed by atoms with Crippen molar-refractivity contribution >= 4 is 0 Å². The fraction of sp³-hybridized carbons (Fsp3) is 0.889. The Balaban J connectivity index is 3.92. The van der Waals surface area contributed by atoms with Gasteiger partial charge in [0, 0.05) is 6.61 Å². The fourth-order valence-electron chi connectivity index (χ4n) is 1.11. The summed E-state index contributed by atoms with van der Waals surface area (Å²) in [7, 11) is 0. The highest BCUT2D eigenvalue weighted by molar-refractivity contribution is 4.92. The second kappa shape index (κ2) is 4.35. The first-order chi connectivity index (χ1) is 5.05. The van der Waals surface area contributed by atoms with Crippen molar-refractivity contribution < 1.29 is 5.11 Å². The van der Waals surface area contributed by atoms with Gasteiger partial charge < -0.3 is 5.11 Å². The average Bonchev–Trinajstić information content (AvgIpc) is 2.00. The molecular weight excluding hydrogens is 138 g/mol. The zero-order valence-corrected chi connectivity index (χ0v) is 7.59. The van der Waals surface area contributed by atoms with E-state index >= 15 is 0 Å². The summed E-state index contributed by atoms with van der Waals surface area (Å²) in [5.74, 6) is 0.282. The molecule has 0 aromatic carbocycles. The lowest BCUT2D eigenvalue weighted by Crippen LogP contribution is -2.17.